The zero-order valence-corrected chi connectivity index (χ0v) is 25.5. The van der Waals surface area contributed by atoms with Gasteiger partial charge in [-0.3, -0.25) is 13.9 Å². The topological polar surface area (TPSA) is 86.8 Å². The van der Waals surface area contributed by atoms with Gasteiger partial charge in [-0.15, -0.1) is 0 Å². The van der Waals surface area contributed by atoms with E-state index in [2.05, 4.69) is 5.32 Å². The first-order valence-corrected chi connectivity index (χ1v) is 15.4. The number of nitrogens with zero attached hydrogens (tertiary/aromatic N) is 2. The lowest BCUT2D eigenvalue weighted by atomic mass is 10.0. The van der Waals surface area contributed by atoms with Crippen molar-refractivity contribution in [3.63, 3.8) is 0 Å². The van der Waals surface area contributed by atoms with Gasteiger partial charge in [-0.25, -0.2) is 8.42 Å². The van der Waals surface area contributed by atoms with Crippen LogP contribution < -0.4 is 9.62 Å². The Balaban J connectivity index is 1.78. The summed E-state index contributed by atoms with van der Waals surface area (Å²) in [5.74, 6) is -0.943. The zero-order chi connectivity index (χ0) is 30.3. The van der Waals surface area contributed by atoms with Crippen molar-refractivity contribution in [3.8, 4) is 0 Å². The molecule has 7 nitrogen and oxygen atoms in total. The maximum atomic E-state index is 14.2. The van der Waals surface area contributed by atoms with Crippen LogP contribution >= 0.6 is 23.2 Å². The number of carbonyl (C=O) groups is 2. The van der Waals surface area contributed by atoms with Crippen LogP contribution in [0.1, 0.15) is 16.7 Å². The number of halogens is 2. The summed E-state index contributed by atoms with van der Waals surface area (Å²) in [7, 11) is -2.69. The van der Waals surface area contributed by atoms with Gasteiger partial charge >= 0.3 is 0 Å². The van der Waals surface area contributed by atoms with Crippen molar-refractivity contribution in [1.29, 1.82) is 0 Å². The van der Waals surface area contributed by atoms with Crippen LogP contribution in [0.4, 0.5) is 5.69 Å². The Kier molecular flexibility index (Phi) is 10.3. The zero-order valence-electron chi connectivity index (χ0n) is 23.2. The van der Waals surface area contributed by atoms with E-state index in [4.69, 9.17) is 23.2 Å². The molecule has 42 heavy (non-hydrogen) atoms. The number of benzene rings is 4. The summed E-state index contributed by atoms with van der Waals surface area (Å²) in [6.07, 6.45) is 0.224. The van der Waals surface area contributed by atoms with Crippen molar-refractivity contribution in [2.75, 3.05) is 17.9 Å². The smallest absolute Gasteiger partial charge is 0.264 e. The van der Waals surface area contributed by atoms with E-state index in [0.717, 1.165) is 21.0 Å². The second-order valence-electron chi connectivity index (χ2n) is 9.77. The Morgan fingerprint density at radius 2 is 1.48 bits per heavy atom. The lowest BCUT2D eigenvalue weighted by molar-refractivity contribution is -0.139. The number of amides is 2. The normalized spacial score (nSPS) is 11.9. The molecule has 0 saturated heterocycles. The van der Waals surface area contributed by atoms with Crippen LogP contribution in [-0.2, 0) is 32.6 Å². The van der Waals surface area contributed by atoms with Crippen LogP contribution in [-0.4, -0.2) is 44.8 Å². The van der Waals surface area contributed by atoms with E-state index in [1.54, 1.807) is 54.6 Å². The maximum Gasteiger partial charge on any atom is 0.264 e. The quantitative estimate of drug-likeness (QED) is 0.226. The molecule has 1 unspecified atom stereocenters. The molecule has 0 heterocycles. The van der Waals surface area contributed by atoms with E-state index in [-0.39, 0.29) is 29.5 Å². The molecule has 0 radical (unpaired) electrons. The van der Waals surface area contributed by atoms with Crippen LogP contribution in [0.15, 0.2) is 108 Å². The summed E-state index contributed by atoms with van der Waals surface area (Å²) >= 11 is 12.3. The van der Waals surface area contributed by atoms with E-state index in [1.165, 1.54) is 30.1 Å². The highest BCUT2D eigenvalue weighted by Crippen LogP contribution is 2.27. The number of carbonyl (C=O) groups excluding carboxylic acids is 2. The molecule has 4 rings (SSSR count). The Hall–Kier alpha value is -3.85. The SMILES string of the molecule is CNC(=O)C(Cc1ccccc1)N(Cc1ccc(Cl)cc1)C(=O)CN(c1cccc(Cl)c1)S(=O)(=O)c1ccc(C)cc1. The molecule has 0 spiro atoms. The molecule has 0 aromatic heterocycles. The maximum absolute atomic E-state index is 14.2. The van der Waals surface area contributed by atoms with Gasteiger partial charge in [-0.2, -0.15) is 0 Å². The van der Waals surface area contributed by atoms with E-state index in [1.807, 2.05) is 37.3 Å². The standard InChI is InChI=1S/C32H31Cl2N3O4S/c1-23-11-17-29(18-12-23)42(40,41)37(28-10-6-9-27(34)20-28)22-31(38)36(21-25-13-15-26(33)16-14-25)30(32(39)35-2)19-24-7-4-3-5-8-24/h3-18,20,30H,19,21-22H2,1-2H3,(H,35,39). The summed E-state index contributed by atoms with van der Waals surface area (Å²) < 4.78 is 29.0. The summed E-state index contributed by atoms with van der Waals surface area (Å²) in [5, 5.41) is 3.51. The lowest BCUT2D eigenvalue weighted by Gasteiger charge is -2.33. The molecular formula is C32H31Cl2N3O4S. The molecule has 0 aliphatic carbocycles. The van der Waals surface area contributed by atoms with Crippen molar-refractivity contribution in [3.05, 3.63) is 130 Å². The first kappa shape index (κ1) is 31.1. The van der Waals surface area contributed by atoms with Crippen LogP contribution in [0, 0.1) is 6.92 Å². The Morgan fingerprint density at radius 3 is 2.10 bits per heavy atom. The number of sulfonamides is 1. The molecule has 4 aromatic rings. The van der Waals surface area contributed by atoms with Gasteiger partial charge in [-0.05, 0) is 60.5 Å². The van der Waals surface area contributed by atoms with E-state index in [9.17, 15) is 18.0 Å². The predicted octanol–water partition coefficient (Wildman–Crippen LogP) is 5.88. The summed E-state index contributed by atoms with van der Waals surface area (Å²) in [4.78, 5) is 29.0. The van der Waals surface area contributed by atoms with Gasteiger partial charge < -0.3 is 10.2 Å². The highest BCUT2D eigenvalue weighted by molar-refractivity contribution is 7.92. The largest absolute Gasteiger partial charge is 0.357 e. The van der Waals surface area contributed by atoms with Crippen LogP contribution in [0.3, 0.4) is 0 Å². The number of hydrogen-bond acceptors (Lipinski definition) is 4. The number of anilines is 1. The number of likely N-dealkylation sites (N-methyl/N-ethyl adjacent to an activating group) is 1. The highest BCUT2D eigenvalue weighted by atomic mass is 35.5. The minimum absolute atomic E-state index is 0.0252. The second-order valence-corrected chi connectivity index (χ2v) is 12.5. The van der Waals surface area contributed by atoms with Gasteiger partial charge in [-0.1, -0.05) is 89.4 Å². The second kappa shape index (κ2) is 13.9. The van der Waals surface area contributed by atoms with E-state index in [0.29, 0.717) is 10.0 Å². The van der Waals surface area contributed by atoms with Gasteiger partial charge in [0.2, 0.25) is 11.8 Å². The van der Waals surface area contributed by atoms with Crippen molar-refractivity contribution in [2.24, 2.45) is 0 Å². The lowest BCUT2D eigenvalue weighted by Crippen LogP contribution is -2.53. The Bertz CT molecular complexity index is 1630. The van der Waals surface area contributed by atoms with Gasteiger partial charge in [0.25, 0.3) is 10.0 Å². The third-order valence-corrected chi connectivity index (χ3v) is 9.04. The fourth-order valence-electron chi connectivity index (χ4n) is 4.50. The third-order valence-electron chi connectivity index (χ3n) is 6.77. The molecule has 218 valence electrons. The number of aryl methyl sites for hydroxylation is 1. The minimum Gasteiger partial charge on any atom is -0.357 e. The van der Waals surface area contributed by atoms with Crippen LogP contribution in [0.2, 0.25) is 10.0 Å². The molecule has 4 aromatic carbocycles. The molecule has 0 aliphatic rings. The molecule has 10 heteroatoms. The first-order chi connectivity index (χ1) is 20.1. The predicted molar refractivity (Wildman–Crippen MR) is 167 cm³/mol. The van der Waals surface area contributed by atoms with Gasteiger partial charge in [0.1, 0.15) is 12.6 Å². The molecule has 2 amide bonds. The average molecular weight is 625 g/mol. The van der Waals surface area contributed by atoms with Crippen LogP contribution in [0.5, 0.6) is 0 Å². The molecule has 1 N–H and O–H groups in total. The fourth-order valence-corrected chi connectivity index (χ4v) is 6.22. The number of nitrogens with one attached hydrogen (secondary N) is 1. The average Bonchev–Trinajstić information content (AvgIpc) is 2.98. The number of rotatable bonds is 11. The van der Waals surface area contributed by atoms with E-state index >= 15 is 0 Å². The van der Waals surface area contributed by atoms with Crippen molar-refractivity contribution in [1.82, 2.24) is 10.2 Å². The summed E-state index contributed by atoms with van der Waals surface area (Å²) in [5.41, 5.74) is 2.69. The van der Waals surface area contributed by atoms with Gasteiger partial charge in [0.05, 0.1) is 10.6 Å². The van der Waals surface area contributed by atoms with Gasteiger partial charge in [0, 0.05) is 30.1 Å². The van der Waals surface area contributed by atoms with Crippen LogP contribution in [0.25, 0.3) is 0 Å². The molecule has 0 bridgehead atoms. The summed E-state index contributed by atoms with van der Waals surface area (Å²) in [6, 6.07) is 28.0. The summed E-state index contributed by atoms with van der Waals surface area (Å²) in [6.45, 7) is 1.34. The van der Waals surface area contributed by atoms with Gasteiger partial charge in [0.15, 0.2) is 0 Å². The monoisotopic (exact) mass is 623 g/mol. The minimum atomic E-state index is -4.20. The molecule has 1 atom stereocenters. The fraction of sp³-hybridized carbons (Fsp3) is 0.188. The third kappa shape index (κ3) is 7.70. The molecular weight excluding hydrogens is 593 g/mol. The molecule has 0 fully saturated rings. The molecule has 0 saturated carbocycles. The van der Waals surface area contributed by atoms with Crippen molar-refractivity contribution >= 4 is 50.7 Å². The number of hydrogen-bond donors (Lipinski definition) is 1. The molecule has 0 aliphatic heterocycles. The highest BCUT2D eigenvalue weighted by Gasteiger charge is 2.34. The van der Waals surface area contributed by atoms with E-state index < -0.39 is 28.5 Å². The first-order valence-electron chi connectivity index (χ1n) is 13.2. The Morgan fingerprint density at radius 1 is 0.810 bits per heavy atom. The Labute approximate surface area is 256 Å². The van der Waals surface area contributed by atoms with Crippen molar-refractivity contribution in [2.45, 2.75) is 30.8 Å². The van der Waals surface area contributed by atoms with Crippen molar-refractivity contribution < 1.29 is 18.0 Å².